The molecule has 0 bridgehead atoms. The molecule has 0 amide bonds. The first-order chi connectivity index (χ1) is 11.5. The van der Waals surface area contributed by atoms with Crippen LogP contribution in [-0.4, -0.2) is 14.7 Å². The van der Waals surface area contributed by atoms with E-state index in [0.717, 1.165) is 35.0 Å². The summed E-state index contributed by atoms with van der Waals surface area (Å²) in [6.45, 7) is 4.07. The van der Waals surface area contributed by atoms with Crippen LogP contribution in [0.25, 0.3) is 15.9 Å². The van der Waals surface area contributed by atoms with Gasteiger partial charge in [-0.3, -0.25) is 9.36 Å². The fourth-order valence-corrected chi connectivity index (χ4v) is 5.15. The van der Waals surface area contributed by atoms with E-state index in [1.165, 1.54) is 15.0 Å². The lowest BCUT2D eigenvalue weighted by molar-refractivity contribution is 0.470. The third-order valence-electron chi connectivity index (χ3n) is 4.80. The Bertz CT molecular complexity index is 1080. The number of aromatic hydroxyl groups is 1. The second-order valence-corrected chi connectivity index (χ2v) is 8.09. The summed E-state index contributed by atoms with van der Waals surface area (Å²) in [5.74, 6) is 0.819. The Kier molecular flexibility index (Phi) is 3.62. The van der Waals surface area contributed by atoms with Crippen LogP contribution in [0.1, 0.15) is 29.3 Å². The Morgan fingerprint density at radius 2 is 2.21 bits per heavy atom. The number of aromatic amines is 1. The van der Waals surface area contributed by atoms with Gasteiger partial charge in [0.15, 0.2) is 4.77 Å². The SMILES string of the molecule is Cc1ccc(-n2c(=S)[nH]c3sc4c(c3c2=O)CCC(C)C4)cc1O. The summed E-state index contributed by atoms with van der Waals surface area (Å²) in [6, 6.07) is 5.20. The minimum Gasteiger partial charge on any atom is -0.508 e. The number of thiophene rings is 1. The largest absolute Gasteiger partial charge is 0.508 e. The van der Waals surface area contributed by atoms with Crippen LogP contribution in [-0.2, 0) is 12.8 Å². The Labute approximate surface area is 148 Å². The molecular weight excluding hydrogens is 340 g/mol. The maximum atomic E-state index is 13.2. The molecule has 1 unspecified atom stereocenters. The predicted octanol–water partition coefficient (Wildman–Crippen LogP) is 4.25. The van der Waals surface area contributed by atoms with Crippen LogP contribution in [0, 0.1) is 17.6 Å². The van der Waals surface area contributed by atoms with E-state index < -0.39 is 0 Å². The number of nitrogens with one attached hydrogen (secondary N) is 1. The molecule has 1 aromatic carbocycles. The Hall–Kier alpha value is -1.92. The highest BCUT2D eigenvalue weighted by molar-refractivity contribution is 7.71. The van der Waals surface area contributed by atoms with E-state index in [0.29, 0.717) is 16.4 Å². The van der Waals surface area contributed by atoms with Crippen molar-refractivity contribution in [2.75, 3.05) is 0 Å². The maximum Gasteiger partial charge on any atom is 0.267 e. The van der Waals surface area contributed by atoms with E-state index in [2.05, 4.69) is 11.9 Å². The molecule has 2 heterocycles. The van der Waals surface area contributed by atoms with Crippen molar-refractivity contribution < 1.29 is 5.11 Å². The normalized spacial score (nSPS) is 17.2. The van der Waals surface area contributed by atoms with Gasteiger partial charge in [0.2, 0.25) is 0 Å². The number of nitrogens with zero attached hydrogens (tertiary/aromatic N) is 1. The number of phenols is 1. The highest BCUT2D eigenvalue weighted by atomic mass is 32.1. The number of aryl methyl sites for hydroxylation is 2. The monoisotopic (exact) mass is 358 g/mol. The summed E-state index contributed by atoms with van der Waals surface area (Å²) < 4.78 is 1.85. The number of hydrogen-bond acceptors (Lipinski definition) is 4. The predicted molar refractivity (Wildman–Crippen MR) is 100 cm³/mol. The van der Waals surface area contributed by atoms with Crippen molar-refractivity contribution in [3.8, 4) is 11.4 Å². The van der Waals surface area contributed by atoms with Crippen LogP contribution in [0.15, 0.2) is 23.0 Å². The molecule has 3 aromatic rings. The molecular formula is C18H18N2O2S2. The standard InChI is InChI=1S/C18H18N2O2S2/c1-9-3-6-12-14(7-9)24-16-15(12)17(22)20(18(23)19-16)11-5-4-10(2)13(21)8-11/h4-5,8-9,21H,3,6-7H2,1-2H3,(H,19,23). The molecule has 0 radical (unpaired) electrons. The van der Waals surface area contributed by atoms with Gasteiger partial charge in [0.1, 0.15) is 10.6 Å². The third-order valence-corrected chi connectivity index (χ3v) is 6.26. The van der Waals surface area contributed by atoms with Gasteiger partial charge in [-0.15, -0.1) is 11.3 Å². The van der Waals surface area contributed by atoms with E-state index in [-0.39, 0.29) is 11.3 Å². The molecule has 2 N–H and O–H groups in total. The molecule has 1 aliphatic rings. The smallest absolute Gasteiger partial charge is 0.267 e. The molecule has 24 heavy (non-hydrogen) atoms. The summed E-state index contributed by atoms with van der Waals surface area (Å²) >= 11 is 7.08. The summed E-state index contributed by atoms with van der Waals surface area (Å²) in [7, 11) is 0. The van der Waals surface area contributed by atoms with Gasteiger partial charge in [-0.1, -0.05) is 13.0 Å². The van der Waals surface area contributed by atoms with Crippen LogP contribution in [0.5, 0.6) is 5.75 Å². The Balaban J connectivity index is 2.02. The molecule has 0 fully saturated rings. The molecule has 6 heteroatoms. The number of hydrogen-bond donors (Lipinski definition) is 2. The number of phenolic OH excluding ortho intramolecular Hbond substituents is 1. The van der Waals surface area contributed by atoms with Crippen molar-refractivity contribution >= 4 is 33.8 Å². The summed E-state index contributed by atoms with van der Waals surface area (Å²) in [6.07, 6.45) is 3.08. The summed E-state index contributed by atoms with van der Waals surface area (Å²) in [5.41, 5.74) is 2.44. The van der Waals surface area contributed by atoms with E-state index in [1.54, 1.807) is 23.5 Å². The molecule has 2 aromatic heterocycles. The van der Waals surface area contributed by atoms with Crippen molar-refractivity contribution in [2.45, 2.75) is 33.1 Å². The second-order valence-electron chi connectivity index (χ2n) is 6.60. The van der Waals surface area contributed by atoms with Crippen molar-refractivity contribution in [1.29, 1.82) is 0 Å². The molecule has 4 rings (SSSR count). The highest BCUT2D eigenvalue weighted by Crippen LogP contribution is 2.35. The molecule has 4 nitrogen and oxygen atoms in total. The van der Waals surface area contributed by atoms with Gasteiger partial charge in [-0.05, 0) is 61.5 Å². The number of fused-ring (bicyclic) bond motifs is 3. The van der Waals surface area contributed by atoms with E-state index in [4.69, 9.17) is 12.2 Å². The van der Waals surface area contributed by atoms with Crippen LogP contribution in [0.4, 0.5) is 0 Å². The van der Waals surface area contributed by atoms with Crippen molar-refractivity contribution in [2.24, 2.45) is 5.92 Å². The number of benzene rings is 1. The molecule has 0 aliphatic heterocycles. The zero-order valence-corrected chi connectivity index (χ0v) is 15.2. The lowest BCUT2D eigenvalue weighted by atomic mass is 9.89. The quantitative estimate of drug-likeness (QED) is 0.640. The average Bonchev–Trinajstić information content (AvgIpc) is 2.87. The first kappa shape index (κ1) is 15.6. The first-order valence-electron chi connectivity index (χ1n) is 8.05. The maximum absolute atomic E-state index is 13.2. The lowest BCUT2D eigenvalue weighted by Gasteiger charge is -2.17. The van der Waals surface area contributed by atoms with Gasteiger partial charge in [-0.2, -0.15) is 0 Å². The molecule has 0 saturated carbocycles. The zero-order chi connectivity index (χ0) is 17.0. The molecule has 0 saturated heterocycles. The molecule has 0 spiro atoms. The lowest BCUT2D eigenvalue weighted by Crippen LogP contribution is -2.21. The van der Waals surface area contributed by atoms with Gasteiger partial charge in [0, 0.05) is 10.9 Å². The van der Waals surface area contributed by atoms with E-state index in [9.17, 15) is 9.90 Å². The molecule has 1 aliphatic carbocycles. The van der Waals surface area contributed by atoms with Crippen LogP contribution >= 0.6 is 23.6 Å². The fraction of sp³-hybridized carbons (Fsp3) is 0.333. The molecule has 1 atom stereocenters. The van der Waals surface area contributed by atoms with Gasteiger partial charge in [0.05, 0.1) is 11.1 Å². The van der Waals surface area contributed by atoms with Crippen LogP contribution < -0.4 is 5.56 Å². The highest BCUT2D eigenvalue weighted by Gasteiger charge is 2.23. The Morgan fingerprint density at radius 1 is 1.42 bits per heavy atom. The van der Waals surface area contributed by atoms with Gasteiger partial charge < -0.3 is 10.1 Å². The van der Waals surface area contributed by atoms with Crippen molar-refractivity contribution in [3.63, 3.8) is 0 Å². The minimum atomic E-state index is -0.0935. The van der Waals surface area contributed by atoms with Gasteiger partial charge in [-0.25, -0.2) is 0 Å². The number of aromatic nitrogens is 2. The third kappa shape index (κ3) is 2.32. The first-order valence-corrected chi connectivity index (χ1v) is 9.27. The number of rotatable bonds is 1. The topological polar surface area (TPSA) is 58.0 Å². The second kappa shape index (κ2) is 5.57. The Morgan fingerprint density at radius 3 is 2.96 bits per heavy atom. The molecule has 124 valence electrons. The van der Waals surface area contributed by atoms with Gasteiger partial charge in [0.25, 0.3) is 5.56 Å². The van der Waals surface area contributed by atoms with Crippen LogP contribution in [0.3, 0.4) is 0 Å². The minimum absolute atomic E-state index is 0.0935. The van der Waals surface area contributed by atoms with Crippen molar-refractivity contribution in [3.05, 3.63) is 49.3 Å². The van der Waals surface area contributed by atoms with E-state index in [1.807, 2.05) is 13.0 Å². The van der Waals surface area contributed by atoms with Gasteiger partial charge >= 0.3 is 0 Å². The summed E-state index contributed by atoms with van der Waals surface area (Å²) in [4.78, 5) is 18.6. The van der Waals surface area contributed by atoms with E-state index >= 15 is 0 Å². The summed E-state index contributed by atoms with van der Waals surface area (Å²) in [5, 5.41) is 10.7. The average molecular weight is 358 g/mol. The van der Waals surface area contributed by atoms with Crippen molar-refractivity contribution in [1.82, 2.24) is 9.55 Å². The fourth-order valence-electron chi connectivity index (χ4n) is 3.39. The number of H-pyrrole nitrogens is 1. The van der Waals surface area contributed by atoms with Crippen LogP contribution in [0.2, 0.25) is 0 Å². The zero-order valence-electron chi connectivity index (χ0n) is 13.5.